The molecule has 160 valence electrons. The maximum Gasteiger partial charge on any atom is 0.262 e. The Morgan fingerprint density at radius 2 is 1.44 bits per heavy atom. The molecule has 3 aromatic rings. The highest BCUT2D eigenvalue weighted by atomic mass is 35.5. The minimum Gasteiger partial charge on any atom is -0.324 e. The molecule has 3 aromatic carbocycles. The van der Waals surface area contributed by atoms with Crippen molar-refractivity contribution in [2.45, 2.75) is 13.0 Å². The van der Waals surface area contributed by atoms with Crippen molar-refractivity contribution in [2.24, 2.45) is 0 Å². The fraction of sp³-hybridized carbons (Fsp3) is 0.0833. The number of carbonyl (C=O) groups is 4. The van der Waals surface area contributed by atoms with Crippen LogP contribution >= 0.6 is 11.6 Å². The molecule has 0 aromatic heterocycles. The molecule has 1 heterocycles. The zero-order chi connectivity index (χ0) is 22.8. The molecule has 1 unspecified atom stereocenters. The predicted octanol–water partition coefficient (Wildman–Crippen LogP) is 4.22. The Balaban J connectivity index is 1.45. The molecule has 7 nitrogen and oxygen atoms in total. The molecule has 32 heavy (non-hydrogen) atoms. The third-order valence-corrected chi connectivity index (χ3v) is 5.43. The highest BCUT2D eigenvalue weighted by Gasteiger charge is 2.40. The van der Waals surface area contributed by atoms with Crippen LogP contribution in [0.1, 0.15) is 38.0 Å². The van der Waals surface area contributed by atoms with Crippen LogP contribution in [0.25, 0.3) is 0 Å². The lowest BCUT2D eigenvalue weighted by Gasteiger charge is -2.22. The summed E-state index contributed by atoms with van der Waals surface area (Å²) < 4.78 is 0. The summed E-state index contributed by atoms with van der Waals surface area (Å²) in [6.45, 7) is 1.48. The van der Waals surface area contributed by atoms with Gasteiger partial charge in [0.25, 0.3) is 17.7 Å². The maximum atomic E-state index is 12.7. The lowest BCUT2D eigenvalue weighted by atomic mass is 10.1. The first-order valence-electron chi connectivity index (χ1n) is 9.80. The number of amides is 4. The Kier molecular flexibility index (Phi) is 5.75. The molecule has 0 spiro atoms. The van der Waals surface area contributed by atoms with Gasteiger partial charge in [-0.15, -0.1) is 0 Å². The van der Waals surface area contributed by atoms with Gasteiger partial charge in [0.15, 0.2) is 0 Å². The molecular formula is C24H18ClN3O4. The van der Waals surface area contributed by atoms with Gasteiger partial charge in [-0.25, -0.2) is 0 Å². The predicted molar refractivity (Wildman–Crippen MR) is 121 cm³/mol. The Morgan fingerprint density at radius 1 is 0.844 bits per heavy atom. The third kappa shape index (κ3) is 3.98. The van der Waals surface area contributed by atoms with Gasteiger partial charge in [-0.3, -0.25) is 24.1 Å². The minimum atomic E-state index is -1.03. The summed E-state index contributed by atoms with van der Waals surface area (Å²) in [6, 6.07) is 18.7. The van der Waals surface area contributed by atoms with Crippen LogP contribution in [0.2, 0.25) is 5.02 Å². The van der Waals surface area contributed by atoms with Crippen LogP contribution in [0.5, 0.6) is 0 Å². The van der Waals surface area contributed by atoms with Crippen LogP contribution in [-0.2, 0) is 4.79 Å². The van der Waals surface area contributed by atoms with E-state index in [2.05, 4.69) is 10.6 Å². The molecule has 0 saturated heterocycles. The number of nitrogens with one attached hydrogen (secondary N) is 2. The third-order valence-electron chi connectivity index (χ3n) is 5.11. The standard InChI is InChI=1S/C24H18ClN3O4/c1-14(28-23(31)17-9-5-6-10-18(17)24(28)32)21(29)26-16-11-12-20(19(25)13-16)27-22(30)15-7-3-2-4-8-15/h2-14H,1H3,(H,26,29)(H,27,30). The van der Waals surface area contributed by atoms with Crippen molar-refractivity contribution in [1.82, 2.24) is 4.90 Å². The summed E-state index contributed by atoms with van der Waals surface area (Å²) in [5, 5.41) is 5.60. The molecule has 1 aliphatic rings. The van der Waals surface area contributed by atoms with Crippen molar-refractivity contribution < 1.29 is 19.2 Å². The number of fused-ring (bicyclic) bond motifs is 1. The van der Waals surface area contributed by atoms with Gasteiger partial charge in [-0.2, -0.15) is 0 Å². The lowest BCUT2D eigenvalue weighted by molar-refractivity contribution is -0.119. The average molecular weight is 448 g/mol. The van der Waals surface area contributed by atoms with Gasteiger partial charge in [-0.1, -0.05) is 41.9 Å². The van der Waals surface area contributed by atoms with E-state index in [-0.39, 0.29) is 22.1 Å². The largest absolute Gasteiger partial charge is 0.324 e. The molecule has 4 rings (SSSR count). The Bertz CT molecular complexity index is 1210. The van der Waals surface area contributed by atoms with Crippen molar-refractivity contribution in [2.75, 3.05) is 10.6 Å². The summed E-state index contributed by atoms with van der Waals surface area (Å²) >= 11 is 6.27. The van der Waals surface area contributed by atoms with E-state index in [1.165, 1.54) is 13.0 Å². The van der Waals surface area contributed by atoms with Crippen LogP contribution in [0.3, 0.4) is 0 Å². The quantitative estimate of drug-likeness (QED) is 0.572. The number of hydrogen-bond donors (Lipinski definition) is 2. The Morgan fingerprint density at radius 3 is 2.03 bits per heavy atom. The smallest absolute Gasteiger partial charge is 0.262 e. The number of hydrogen-bond acceptors (Lipinski definition) is 4. The molecule has 1 atom stereocenters. The van der Waals surface area contributed by atoms with Crippen molar-refractivity contribution in [3.63, 3.8) is 0 Å². The van der Waals surface area contributed by atoms with Crippen LogP contribution < -0.4 is 10.6 Å². The van der Waals surface area contributed by atoms with Gasteiger partial charge in [0.05, 0.1) is 21.8 Å². The Labute approximate surface area is 189 Å². The summed E-state index contributed by atoms with van der Waals surface area (Å²) in [5.41, 5.74) is 1.78. The van der Waals surface area contributed by atoms with Gasteiger partial charge in [0.1, 0.15) is 6.04 Å². The van der Waals surface area contributed by atoms with E-state index in [4.69, 9.17) is 11.6 Å². The highest BCUT2D eigenvalue weighted by Crippen LogP contribution is 2.28. The SMILES string of the molecule is CC(C(=O)Nc1ccc(NC(=O)c2ccccc2)c(Cl)c1)N1C(=O)c2ccccc2C1=O. The molecule has 1 aliphatic heterocycles. The number of imide groups is 1. The molecule has 8 heteroatoms. The van der Waals surface area contributed by atoms with Gasteiger partial charge in [0.2, 0.25) is 5.91 Å². The first-order chi connectivity index (χ1) is 15.4. The molecule has 0 aliphatic carbocycles. The fourth-order valence-electron chi connectivity index (χ4n) is 3.40. The van der Waals surface area contributed by atoms with E-state index in [1.54, 1.807) is 60.7 Å². The van der Waals surface area contributed by atoms with Gasteiger partial charge in [0, 0.05) is 11.3 Å². The molecule has 0 bridgehead atoms. The fourth-order valence-corrected chi connectivity index (χ4v) is 3.63. The van der Waals surface area contributed by atoms with E-state index in [1.807, 2.05) is 6.07 Å². The summed E-state index contributed by atoms with van der Waals surface area (Å²) in [5.74, 6) is -1.88. The van der Waals surface area contributed by atoms with Crippen LogP contribution in [-0.4, -0.2) is 34.6 Å². The van der Waals surface area contributed by atoms with Crippen molar-refractivity contribution >= 4 is 46.6 Å². The lowest BCUT2D eigenvalue weighted by Crippen LogP contribution is -2.45. The number of nitrogens with zero attached hydrogens (tertiary/aromatic N) is 1. The zero-order valence-electron chi connectivity index (χ0n) is 17.0. The van der Waals surface area contributed by atoms with Gasteiger partial charge >= 0.3 is 0 Å². The summed E-state index contributed by atoms with van der Waals surface area (Å²) in [4.78, 5) is 51.2. The van der Waals surface area contributed by atoms with Crippen LogP contribution in [0, 0.1) is 0 Å². The number of rotatable bonds is 5. The second-order valence-corrected chi connectivity index (χ2v) is 7.61. The van der Waals surface area contributed by atoms with Crippen molar-refractivity contribution in [3.05, 3.63) is 94.5 Å². The normalized spacial score (nSPS) is 13.5. The first-order valence-corrected chi connectivity index (χ1v) is 10.2. The number of carbonyl (C=O) groups excluding carboxylic acids is 4. The minimum absolute atomic E-state index is 0.223. The topological polar surface area (TPSA) is 95.6 Å². The van der Waals surface area contributed by atoms with E-state index in [9.17, 15) is 19.2 Å². The van der Waals surface area contributed by atoms with Crippen molar-refractivity contribution in [3.8, 4) is 0 Å². The summed E-state index contributed by atoms with van der Waals surface area (Å²) in [6.07, 6.45) is 0. The van der Waals surface area contributed by atoms with E-state index >= 15 is 0 Å². The first kappa shape index (κ1) is 21.3. The molecule has 0 fully saturated rings. The highest BCUT2D eigenvalue weighted by molar-refractivity contribution is 6.34. The van der Waals surface area contributed by atoms with Crippen LogP contribution in [0.15, 0.2) is 72.8 Å². The molecule has 0 saturated carbocycles. The van der Waals surface area contributed by atoms with E-state index < -0.39 is 23.8 Å². The molecule has 2 N–H and O–H groups in total. The molecule has 4 amide bonds. The van der Waals surface area contributed by atoms with E-state index in [0.717, 1.165) is 4.90 Å². The number of halogens is 1. The number of benzene rings is 3. The zero-order valence-corrected chi connectivity index (χ0v) is 17.7. The summed E-state index contributed by atoms with van der Waals surface area (Å²) in [7, 11) is 0. The second kappa shape index (κ2) is 8.64. The Hall–Kier alpha value is -3.97. The molecular weight excluding hydrogens is 430 g/mol. The monoisotopic (exact) mass is 447 g/mol. The van der Waals surface area contributed by atoms with Gasteiger partial charge in [-0.05, 0) is 49.4 Å². The van der Waals surface area contributed by atoms with Crippen molar-refractivity contribution in [1.29, 1.82) is 0 Å². The second-order valence-electron chi connectivity index (χ2n) is 7.21. The van der Waals surface area contributed by atoms with E-state index in [0.29, 0.717) is 16.9 Å². The molecule has 0 radical (unpaired) electrons. The van der Waals surface area contributed by atoms with Crippen LogP contribution in [0.4, 0.5) is 11.4 Å². The van der Waals surface area contributed by atoms with Gasteiger partial charge < -0.3 is 10.6 Å². The average Bonchev–Trinajstić information content (AvgIpc) is 3.06. The maximum absolute atomic E-state index is 12.7. The number of anilines is 2.